The van der Waals surface area contributed by atoms with Crippen molar-refractivity contribution in [2.45, 2.75) is 31.5 Å². The Bertz CT molecular complexity index is 522. The first-order valence-electron chi connectivity index (χ1n) is 6.88. The molecule has 1 aromatic carbocycles. The summed E-state index contributed by atoms with van der Waals surface area (Å²) in [6.45, 7) is 2.39. The van der Waals surface area contributed by atoms with Crippen LogP contribution in [0.4, 0.5) is 4.39 Å². The number of hydrogen-bond donors (Lipinski definition) is 2. The first-order chi connectivity index (χ1) is 9.94. The highest BCUT2D eigenvalue weighted by molar-refractivity contribution is 5.78. The normalized spacial score (nSPS) is 24.9. The summed E-state index contributed by atoms with van der Waals surface area (Å²) in [4.78, 5) is 11.9. The largest absolute Gasteiger partial charge is 0.494 e. The van der Waals surface area contributed by atoms with E-state index in [9.17, 15) is 14.3 Å². The zero-order valence-corrected chi connectivity index (χ0v) is 12.2. The third-order valence-corrected chi connectivity index (χ3v) is 3.83. The van der Waals surface area contributed by atoms with Crippen molar-refractivity contribution in [3.63, 3.8) is 0 Å². The molecule has 1 amide bonds. The van der Waals surface area contributed by atoms with E-state index in [-0.39, 0.29) is 30.7 Å². The molecule has 2 unspecified atom stereocenters. The Morgan fingerprint density at radius 3 is 2.95 bits per heavy atom. The molecule has 1 heterocycles. The number of amides is 1. The Labute approximate surface area is 123 Å². The summed E-state index contributed by atoms with van der Waals surface area (Å²) in [6, 6.07) is 4.39. The van der Waals surface area contributed by atoms with Crippen molar-refractivity contribution in [1.82, 2.24) is 5.32 Å². The van der Waals surface area contributed by atoms with Crippen molar-refractivity contribution in [3.05, 3.63) is 29.6 Å². The number of aliphatic hydroxyl groups is 1. The minimum atomic E-state index is -1.03. The second-order valence-corrected chi connectivity index (χ2v) is 5.29. The molecule has 5 nitrogen and oxygen atoms in total. The Kier molecular flexibility index (Phi) is 4.80. The lowest BCUT2D eigenvalue weighted by atomic mass is 9.96. The molecule has 21 heavy (non-hydrogen) atoms. The van der Waals surface area contributed by atoms with Crippen LogP contribution in [0.5, 0.6) is 5.75 Å². The minimum Gasteiger partial charge on any atom is -0.494 e. The lowest BCUT2D eigenvalue weighted by molar-refractivity contribution is -0.122. The van der Waals surface area contributed by atoms with E-state index in [1.165, 1.54) is 19.2 Å². The molecule has 2 rings (SSSR count). The first kappa shape index (κ1) is 15.7. The molecule has 1 aliphatic rings. The molecule has 2 atom stereocenters. The summed E-state index contributed by atoms with van der Waals surface area (Å²) >= 11 is 0. The Morgan fingerprint density at radius 1 is 1.62 bits per heavy atom. The second-order valence-electron chi connectivity index (χ2n) is 5.29. The van der Waals surface area contributed by atoms with Gasteiger partial charge in [0.2, 0.25) is 5.91 Å². The number of rotatable bonds is 5. The van der Waals surface area contributed by atoms with Crippen LogP contribution in [0.3, 0.4) is 0 Å². The number of methoxy groups -OCH3 is 1. The molecule has 1 aliphatic heterocycles. The highest BCUT2D eigenvalue weighted by atomic mass is 19.1. The van der Waals surface area contributed by atoms with Crippen LogP contribution < -0.4 is 10.1 Å². The molecule has 2 N–H and O–H groups in total. The third-order valence-electron chi connectivity index (χ3n) is 3.83. The second kappa shape index (κ2) is 6.41. The van der Waals surface area contributed by atoms with Gasteiger partial charge in [-0.25, -0.2) is 4.39 Å². The summed E-state index contributed by atoms with van der Waals surface area (Å²) in [7, 11) is 1.39. The maximum Gasteiger partial charge on any atom is 0.224 e. The van der Waals surface area contributed by atoms with E-state index in [0.29, 0.717) is 18.6 Å². The predicted molar refractivity (Wildman–Crippen MR) is 74.6 cm³/mol. The number of hydrogen-bond acceptors (Lipinski definition) is 4. The molecule has 0 saturated carbocycles. The molecule has 0 bridgehead atoms. The fourth-order valence-electron chi connectivity index (χ4n) is 2.32. The van der Waals surface area contributed by atoms with Crippen LogP contribution in [0.15, 0.2) is 18.2 Å². The predicted octanol–water partition coefficient (Wildman–Crippen LogP) is 1.03. The highest BCUT2D eigenvalue weighted by Crippen LogP contribution is 2.24. The fourth-order valence-corrected chi connectivity index (χ4v) is 2.32. The van der Waals surface area contributed by atoms with Gasteiger partial charge in [0, 0.05) is 19.6 Å². The quantitative estimate of drug-likeness (QED) is 0.852. The van der Waals surface area contributed by atoms with Gasteiger partial charge in [-0.05, 0) is 24.6 Å². The van der Waals surface area contributed by atoms with Crippen LogP contribution in [0.2, 0.25) is 0 Å². The number of carbonyl (C=O) groups is 1. The van der Waals surface area contributed by atoms with Crippen molar-refractivity contribution in [2.24, 2.45) is 0 Å². The molecule has 1 aromatic rings. The number of ether oxygens (including phenoxy) is 2. The fraction of sp³-hybridized carbons (Fsp3) is 0.533. The zero-order chi connectivity index (χ0) is 15.5. The smallest absolute Gasteiger partial charge is 0.224 e. The molecule has 0 aromatic heterocycles. The van der Waals surface area contributed by atoms with Crippen LogP contribution in [0.1, 0.15) is 18.9 Å². The Morgan fingerprint density at radius 2 is 2.38 bits per heavy atom. The van der Waals surface area contributed by atoms with E-state index in [1.807, 2.05) is 0 Å². The number of halogens is 1. The average molecular weight is 297 g/mol. The van der Waals surface area contributed by atoms with Crippen molar-refractivity contribution < 1.29 is 23.8 Å². The van der Waals surface area contributed by atoms with E-state index in [0.717, 1.165) is 0 Å². The lowest BCUT2D eigenvalue weighted by Crippen LogP contribution is -2.47. The molecule has 1 saturated heterocycles. The number of benzene rings is 1. The summed E-state index contributed by atoms with van der Waals surface area (Å²) < 4.78 is 23.6. The number of carbonyl (C=O) groups excluding carboxylic acids is 1. The molecule has 0 spiro atoms. The van der Waals surface area contributed by atoms with Gasteiger partial charge in [-0.15, -0.1) is 0 Å². The summed E-state index contributed by atoms with van der Waals surface area (Å²) in [5.74, 6) is -0.628. The molecule has 1 fully saturated rings. The van der Waals surface area contributed by atoms with Crippen molar-refractivity contribution in [3.8, 4) is 5.75 Å². The average Bonchev–Trinajstić information content (AvgIpc) is 2.77. The van der Waals surface area contributed by atoms with Gasteiger partial charge in [0.25, 0.3) is 0 Å². The molecular weight excluding hydrogens is 277 g/mol. The van der Waals surface area contributed by atoms with Crippen molar-refractivity contribution in [2.75, 3.05) is 20.3 Å². The van der Waals surface area contributed by atoms with E-state index in [1.54, 1.807) is 13.0 Å². The van der Waals surface area contributed by atoms with Gasteiger partial charge in [0.1, 0.15) is 5.60 Å². The summed E-state index contributed by atoms with van der Waals surface area (Å²) in [6.07, 6.45) is 0.230. The Hall–Kier alpha value is -1.66. The molecular formula is C15H20FNO4. The van der Waals surface area contributed by atoms with Gasteiger partial charge in [0.15, 0.2) is 11.6 Å². The maximum absolute atomic E-state index is 13.5. The molecule has 0 aliphatic carbocycles. The molecule has 0 radical (unpaired) electrons. The first-order valence-corrected chi connectivity index (χ1v) is 6.88. The van der Waals surface area contributed by atoms with Gasteiger partial charge >= 0.3 is 0 Å². The van der Waals surface area contributed by atoms with Crippen LogP contribution in [-0.4, -0.2) is 43.0 Å². The summed E-state index contributed by atoms with van der Waals surface area (Å²) in [5.41, 5.74) is -0.477. The molecule has 6 heteroatoms. The molecule has 116 valence electrons. The Balaban J connectivity index is 1.89. The lowest BCUT2D eigenvalue weighted by Gasteiger charge is -2.26. The van der Waals surface area contributed by atoms with Gasteiger partial charge in [-0.2, -0.15) is 0 Å². The van der Waals surface area contributed by atoms with Crippen LogP contribution in [0, 0.1) is 5.82 Å². The van der Waals surface area contributed by atoms with Crippen molar-refractivity contribution in [1.29, 1.82) is 0 Å². The SMILES string of the molecule is COc1ccc(CC(=O)NCC2(O)CCOC2C)cc1F. The van der Waals surface area contributed by atoms with Gasteiger partial charge < -0.3 is 19.9 Å². The van der Waals surface area contributed by atoms with Gasteiger partial charge in [-0.3, -0.25) is 4.79 Å². The van der Waals surface area contributed by atoms with Gasteiger partial charge in [-0.1, -0.05) is 6.07 Å². The van der Waals surface area contributed by atoms with Crippen LogP contribution >= 0.6 is 0 Å². The topological polar surface area (TPSA) is 67.8 Å². The van der Waals surface area contributed by atoms with Crippen LogP contribution in [0.25, 0.3) is 0 Å². The minimum absolute atomic E-state index is 0.0478. The van der Waals surface area contributed by atoms with Gasteiger partial charge in [0.05, 0.1) is 19.6 Å². The third kappa shape index (κ3) is 3.71. The van der Waals surface area contributed by atoms with E-state index in [4.69, 9.17) is 9.47 Å². The standard InChI is InChI=1S/C15H20FNO4/c1-10-15(19,5-6-21-10)9-17-14(18)8-11-3-4-13(20-2)12(16)7-11/h3-4,7,10,19H,5-6,8-9H2,1-2H3,(H,17,18). The monoisotopic (exact) mass is 297 g/mol. The van der Waals surface area contributed by atoms with E-state index >= 15 is 0 Å². The van der Waals surface area contributed by atoms with E-state index in [2.05, 4.69) is 5.32 Å². The highest BCUT2D eigenvalue weighted by Gasteiger charge is 2.39. The maximum atomic E-state index is 13.5. The summed E-state index contributed by atoms with van der Waals surface area (Å²) in [5, 5.41) is 12.9. The van der Waals surface area contributed by atoms with E-state index < -0.39 is 11.4 Å². The number of nitrogens with one attached hydrogen (secondary N) is 1. The van der Waals surface area contributed by atoms with Crippen molar-refractivity contribution >= 4 is 5.91 Å². The van der Waals surface area contributed by atoms with Crippen LogP contribution in [-0.2, 0) is 16.0 Å². The zero-order valence-electron chi connectivity index (χ0n) is 12.2.